The van der Waals surface area contributed by atoms with Crippen molar-refractivity contribution in [2.75, 3.05) is 13.1 Å². The van der Waals surface area contributed by atoms with Gasteiger partial charge in [-0.2, -0.15) is 0 Å². The molecule has 1 heterocycles. The molecule has 0 spiro atoms. The second-order valence-corrected chi connectivity index (χ2v) is 6.48. The number of amides is 2. The van der Waals surface area contributed by atoms with Gasteiger partial charge >= 0.3 is 0 Å². The van der Waals surface area contributed by atoms with E-state index in [4.69, 9.17) is 11.6 Å². The SMILES string of the molecule is O=C(C[C@@H]1C(=O)NCCN1Cc1ccc(Cl)c(F)c1)NC1CC1. The Hall–Kier alpha value is -1.66. The van der Waals surface area contributed by atoms with Crippen LogP contribution in [0.5, 0.6) is 0 Å². The van der Waals surface area contributed by atoms with Crippen molar-refractivity contribution < 1.29 is 14.0 Å². The minimum absolute atomic E-state index is 0.0745. The fourth-order valence-electron chi connectivity index (χ4n) is 2.74. The molecule has 1 aliphatic heterocycles. The van der Waals surface area contributed by atoms with E-state index in [2.05, 4.69) is 10.6 Å². The van der Waals surface area contributed by atoms with Crippen LogP contribution in [0.4, 0.5) is 4.39 Å². The molecular weight excluding hydrogens is 321 g/mol. The van der Waals surface area contributed by atoms with Crippen LogP contribution in [0.2, 0.25) is 5.02 Å². The third-order valence-corrected chi connectivity index (χ3v) is 4.44. The van der Waals surface area contributed by atoms with Crippen molar-refractivity contribution in [1.29, 1.82) is 0 Å². The van der Waals surface area contributed by atoms with Crippen LogP contribution in [0.15, 0.2) is 18.2 Å². The second-order valence-electron chi connectivity index (χ2n) is 6.07. The maximum absolute atomic E-state index is 13.6. The standard InChI is InChI=1S/C16H19ClFN3O2/c17-12-4-1-10(7-13(12)18)9-21-6-5-19-16(23)14(21)8-15(22)20-11-2-3-11/h1,4,7,11,14H,2-3,5-6,8-9H2,(H,19,23)(H,20,22)/t14-/m1/s1. The molecule has 5 nitrogen and oxygen atoms in total. The Bertz CT molecular complexity index is 621. The molecule has 2 amide bonds. The minimum atomic E-state index is -0.527. The smallest absolute Gasteiger partial charge is 0.237 e. The minimum Gasteiger partial charge on any atom is -0.353 e. The molecule has 1 atom stereocenters. The summed E-state index contributed by atoms with van der Waals surface area (Å²) in [5.74, 6) is -0.743. The molecule has 3 rings (SSSR count). The van der Waals surface area contributed by atoms with Crippen molar-refractivity contribution in [1.82, 2.24) is 15.5 Å². The van der Waals surface area contributed by atoms with Gasteiger partial charge < -0.3 is 10.6 Å². The average molecular weight is 340 g/mol. The fraction of sp³-hybridized carbons (Fsp3) is 0.500. The van der Waals surface area contributed by atoms with Crippen LogP contribution in [0.3, 0.4) is 0 Å². The normalized spacial score (nSPS) is 21.8. The third kappa shape index (κ3) is 4.20. The predicted molar refractivity (Wildman–Crippen MR) is 84.4 cm³/mol. The van der Waals surface area contributed by atoms with Gasteiger partial charge in [-0.15, -0.1) is 0 Å². The number of hydrogen-bond donors (Lipinski definition) is 2. The van der Waals surface area contributed by atoms with Crippen LogP contribution in [0.1, 0.15) is 24.8 Å². The van der Waals surface area contributed by atoms with Crippen LogP contribution in [-0.4, -0.2) is 41.9 Å². The van der Waals surface area contributed by atoms with Crippen LogP contribution >= 0.6 is 11.6 Å². The highest BCUT2D eigenvalue weighted by atomic mass is 35.5. The highest BCUT2D eigenvalue weighted by molar-refractivity contribution is 6.30. The number of hydrogen-bond acceptors (Lipinski definition) is 3. The Morgan fingerprint density at radius 3 is 2.91 bits per heavy atom. The van der Waals surface area contributed by atoms with Crippen molar-refractivity contribution in [2.24, 2.45) is 0 Å². The molecular formula is C16H19ClFN3O2. The quantitative estimate of drug-likeness (QED) is 0.853. The van der Waals surface area contributed by atoms with E-state index in [1.54, 1.807) is 6.07 Å². The molecule has 0 aromatic heterocycles. The molecule has 0 unspecified atom stereocenters. The number of benzene rings is 1. The maximum atomic E-state index is 13.6. The topological polar surface area (TPSA) is 61.4 Å². The number of carbonyl (C=O) groups is 2. The molecule has 0 radical (unpaired) electrons. The van der Waals surface area contributed by atoms with Gasteiger partial charge in [0.25, 0.3) is 0 Å². The van der Waals surface area contributed by atoms with Gasteiger partial charge in [-0.25, -0.2) is 4.39 Å². The van der Waals surface area contributed by atoms with Crippen LogP contribution in [0, 0.1) is 5.82 Å². The van der Waals surface area contributed by atoms with Crippen molar-refractivity contribution in [3.63, 3.8) is 0 Å². The largest absolute Gasteiger partial charge is 0.353 e. The Labute approximate surface area is 139 Å². The van der Waals surface area contributed by atoms with E-state index in [1.165, 1.54) is 12.1 Å². The van der Waals surface area contributed by atoms with Gasteiger partial charge in [0.2, 0.25) is 11.8 Å². The van der Waals surface area contributed by atoms with Crippen LogP contribution in [-0.2, 0) is 16.1 Å². The predicted octanol–water partition coefficient (Wildman–Crippen LogP) is 1.45. The van der Waals surface area contributed by atoms with Gasteiger partial charge in [-0.05, 0) is 30.5 Å². The summed E-state index contributed by atoms with van der Waals surface area (Å²) in [6, 6.07) is 4.36. The summed E-state index contributed by atoms with van der Waals surface area (Å²) in [6.07, 6.45) is 2.14. The van der Waals surface area contributed by atoms with E-state index in [0.29, 0.717) is 19.6 Å². The Morgan fingerprint density at radius 1 is 1.43 bits per heavy atom. The molecule has 0 bridgehead atoms. The van der Waals surface area contributed by atoms with Crippen molar-refractivity contribution in [2.45, 2.75) is 37.9 Å². The van der Waals surface area contributed by atoms with Crippen LogP contribution in [0.25, 0.3) is 0 Å². The Kier molecular flexibility index (Phi) is 4.82. The summed E-state index contributed by atoms with van der Waals surface area (Å²) >= 11 is 5.69. The van der Waals surface area contributed by atoms with Gasteiger partial charge in [0, 0.05) is 25.7 Å². The fourth-order valence-corrected chi connectivity index (χ4v) is 2.85. The van der Waals surface area contributed by atoms with Crippen molar-refractivity contribution >= 4 is 23.4 Å². The summed E-state index contributed by atoms with van der Waals surface area (Å²) in [5.41, 5.74) is 0.731. The number of nitrogens with one attached hydrogen (secondary N) is 2. The lowest BCUT2D eigenvalue weighted by atomic mass is 10.1. The molecule has 1 saturated carbocycles. The molecule has 1 aromatic rings. The van der Waals surface area contributed by atoms with Gasteiger partial charge in [-0.1, -0.05) is 17.7 Å². The van der Waals surface area contributed by atoms with Crippen molar-refractivity contribution in [3.8, 4) is 0 Å². The van der Waals surface area contributed by atoms with E-state index >= 15 is 0 Å². The molecule has 1 aromatic carbocycles. The monoisotopic (exact) mass is 339 g/mol. The van der Waals surface area contributed by atoms with Crippen LogP contribution < -0.4 is 10.6 Å². The summed E-state index contributed by atoms with van der Waals surface area (Å²) in [6.45, 7) is 1.55. The van der Waals surface area contributed by atoms with Gasteiger partial charge in [0.05, 0.1) is 17.5 Å². The zero-order valence-corrected chi connectivity index (χ0v) is 13.4. The van der Waals surface area contributed by atoms with E-state index < -0.39 is 11.9 Å². The molecule has 7 heteroatoms. The Morgan fingerprint density at radius 2 is 2.22 bits per heavy atom. The van der Waals surface area contributed by atoms with Crippen molar-refractivity contribution in [3.05, 3.63) is 34.6 Å². The summed E-state index contributed by atoms with van der Waals surface area (Å²) in [7, 11) is 0. The average Bonchev–Trinajstić information content (AvgIpc) is 3.30. The lowest BCUT2D eigenvalue weighted by Gasteiger charge is -2.34. The zero-order chi connectivity index (χ0) is 16.4. The summed E-state index contributed by atoms with van der Waals surface area (Å²) in [4.78, 5) is 26.0. The highest BCUT2D eigenvalue weighted by Gasteiger charge is 2.33. The Balaban J connectivity index is 1.67. The van der Waals surface area contributed by atoms with Gasteiger partial charge in [-0.3, -0.25) is 14.5 Å². The summed E-state index contributed by atoms with van der Waals surface area (Å²) in [5, 5.41) is 5.76. The van der Waals surface area contributed by atoms with E-state index in [-0.39, 0.29) is 29.3 Å². The van der Waals surface area contributed by atoms with Gasteiger partial charge in [0.15, 0.2) is 0 Å². The summed E-state index contributed by atoms with van der Waals surface area (Å²) < 4.78 is 13.6. The first-order valence-corrected chi connectivity index (χ1v) is 8.16. The number of halogens is 2. The maximum Gasteiger partial charge on any atom is 0.237 e. The van der Waals surface area contributed by atoms with E-state index in [1.807, 2.05) is 4.90 Å². The van der Waals surface area contributed by atoms with E-state index in [0.717, 1.165) is 18.4 Å². The molecule has 2 aliphatic rings. The zero-order valence-electron chi connectivity index (χ0n) is 12.6. The van der Waals surface area contributed by atoms with E-state index in [9.17, 15) is 14.0 Å². The molecule has 1 saturated heterocycles. The first kappa shape index (κ1) is 16.2. The molecule has 1 aliphatic carbocycles. The number of rotatable bonds is 5. The molecule has 2 N–H and O–H groups in total. The molecule has 23 heavy (non-hydrogen) atoms. The first-order valence-electron chi connectivity index (χ1n) is 7.78. The molecule has 2 fully saturated rings. The third-order valence-electron chi connectivity index (χ3n) is 4.13. The first-order chi connectivity index (χ1) is 11.0. The highest BCUT2D eigenvalue weighted by Crippen LogP contribution is 2.21. The lowest BCUT2D eigenvalue weighted by molar-refractivity contribution is -0.134. The number of nitrogens with zero attached hydrogens (tertiary/aromatic N) is 1. The van der Waals surface area contributed by atoms with Gasteiger partial charge in [0.1, 0.15) is 5.82 Å². The molecule has 124 valence electrons. The number of carbonyl (C=O) groups excluding carboxylic acids is 2. The lowest BCUT2D eigenvalue weighted by Crippen LogP contribution is -2.56. The number of piperazine rings is 1. The second kappa shape index (κ2) is 6.84.